The van der Waals surface area contributed by atoms with Crippen LogP contribution in [0.15, 0.2) is 227 Å². The minimum Gasteiger partial charge on any atom is -0.452 e. The Morgan fingerprint density at radius 3 is 0.929 bits per heavy atom. The van der Waals surface area contributed by atoms with Gasteiger partial charge < -0.3 is 18.6 Å². The first kappa shape index (κ1) is 41.3. The van der Waals surface area contributed by atoms with Gasteiger partial charge in [-0.05, 0) is 157 Å². The van der Waals surface area contributed by atoms with Crippen molar-refractivity contribution in [2.75, 3.05) is 9.80 Å². The van der Waals surface area contributed by atoms with Gasteiger partial charge in [0.25, 0.3) is 0 Å². The number of anilines is 6. The summed E-state index contributed by atoms with van der Waals surface area (Å²) in [6.07, 6.45) is 0. The van der Waals surface area contributed by atoms with E-state index in [1.807, 2.05) is 0 Å². The minimum absolute atomic E-state index is 0.742. The molecule has 4 nitrogen and oxygen atoms in total. The van der Waals surface area contributed by atoms with Crippen LogP contribution in [-0.4, -0.2) is 0 Å². The number of aryl methyl sites for hydroxylation is 4. The van der Waals surface area contributed by atoms with Gasteiger partial charge in [0.05, 0.1) is 0 Å². The molecule has 0 spiro atoms. The smallest absolute Gasteiger partial charge is 0.179 e. The van der Waals surface area contributed by atoms with Crippen molar-refractivity contribution in [3.63, 3.8) is 0 Å². The van der Waals surface area contributed by atoms with Crippen LogP contribution in [0.25, 0.3) is 87.7 Å². The van der Waals surface area contributed by atoms with Crippen molar-refractivity contribution in [2.24, 2.45) is 0 Å². The van der Waals surface area contributed by atoms with Gasteiger partial charge in [0, 0.05) is 66.8 Å². The summed E-state index contributed by atoms with van der Waals surface area (Å²) in [4.78, 5) is 4.66. The summed E-state index contributed by atoms with van der Waals surface area (Å²) in [5.74, 6) is 0. The molecule has 2 aromatic heterocycles. The number of benzene rings is 11. The van der Waals surface area contributed by atoms with Crippen LogP contribution >= 0.6 is 0 Å². The van der Waals surface area contributed by atoms with E-state index < -0.39 is 0 Å². The first-order valence-corrected chi connectivity index (χ1v) is 24.1. The van der Waals surface area contributed by atoms with E-state index in [1.165, 1.54) is 22.3 Å². The molecule has 0 saturated heterocycles. The molecule has 334 valence electrons. The van der Waals surface area contributed by atoms with E-state index in [4.69, 9.17) is 8.83 Å². The summed E-state index contributed by atoms with van der Waals surface area (Å²) >= 11 is 0. The van der Waals surface area contributed by atoms with Crippen LogP contribution in [0.5, 0.6) is 0 Å². The SMILES string of the molecule is Cc1ccc(N(c2ccc(C)cc2)c2ccc3cc4c(cc3c2)oc2c3oc5cc6cc(N(c7ccc(C)cc7)c7ccc(C)cc7)ccc6cc5c3c(-c3ccccc3)c(-c3ccccc3)c42)cc1. The molecule has 70 heavy (non-hydrogen) atoms. The van der Waals surface area contributed by atoms with Crippen molar-refractivity contribution < 1.29 is 8.83 Å². The highest BCUT2D eigenvalue weighted by molar-refractivity contribution is 6.31. The van der Waals surface area contributed by atoms with Crippen molar-refractivity contribution >= 4 is 99.5 Å². The summed E-state index contributed by atoms with van der Waals surface area (Å²) in [5.41, 5.74) is 19.0. The molecule has 0 saturated carbocycles. The molecular formula is C66H48N2O2. The Kier molecular flexibility index (Phi) is 9.70. The molecule has 0 fully saturated rings. The molecule has 0 bridgehead atoms. The lowest BCUT2D eigenvalue weighted by molar-refractivity contribution is 0.634. The van der Waals surface area contributed by atoms with E-state index in [9.17, 15) is 0 Å². The van der Waals surface area contributed by atoms with Gasteiger partial charge in [0.2, 0.25) is 0 Å². The Labute approximate surface area is 406 Å². The zero-order valence-corrected chi connectivity index (χ0v) is 39.5. The fourth-order valence-corrected chi connectivity index (χ4v) is 10.5. The van der Waals surface area contributed by atoms with Gasteiger partial charge in [0.1, 0.15) is 11.2 Å². The van der Waals surface area contributed by atoms with Crippen LogP contribution in [0.2, 0.25) is 0 Å². The molecule has 13 rings (SSSR count). The molecule has 0 aliphatic carbocycles. The largest absolute Gasteiger partial charge is 0.452 e. The van der Waals surface area contributed by atoms with Crippen molar-refractivity contribution in [3.8, 4) is 22.3 Å². The van der Waals surface area contributed by atoms with E-state index >= 15 is 0 Å². The van der Waals surface area contributed by atoms with Crippen molar-refractivity contribution in [3.05, 3.63) is 241 Å². The number of nitrogens with zero attached hydrogens (tertiary/aromatic N) is 2. The summed E-state index contributed by atoms with van der Waals surface area (Å²) in [5, 5.41) is 8.61. The average molecular weight is 901 g/mol. The molecular weight excluding hydrogens is 853 g/mol. The lowest BCUT2D eigenvalue weighted by atomic mass is 9.87. The maximum Gasteiger partial charge on any atom is 0.179 e. The maximum absolute atomic E-state index is 7.20. The Morgan fingerprint density at radius 1 is 0.286 bits per heavy atom. The summed E-state index contributed by atoms with van der Waals surface area (Å²) < 4.78 is 14.4. The van der Waals surface area contributed by atoms with E-state index in [0.717, 1.165) is 122 Å². The standard InChI is InChI=1S/C66H48N2O2/c1-41-15-25-51(26-16-41)67(52-27-17-42(2)18-28-52)55-33-23-47-37-57-59(39-49(47)35-55)69-65-63(57)61(45-11-7-5-8-12-45)62(46-13-9-6-10-14-46)64-58-38-48-24-34-56(36-50(48)40-60(58)70-66(64)65)68(53-29-19-43(3)20-30-53)54-31-21-44(4)22-32-54/h5-40H,1-4H3. The van der Waals surface area contributed by atoms with Gasteiger partial charge in [-0.3, -0.25) is 0 Å². The molecule has 2 heterocycles. The minimum atomic E-state index is 0.742. The van der Waals surface area contributed by atoms with Gasteiger partial charge in [-0.2, -0.15) is 0 Å². The predicted octanol–water partition coefficient (Wildman–Crippen LogP) is 19.3. The number of hydrogen-bond acceptors (Lipinski definition) is 4. The van der Waals surface area contributed by atoms with E-state index in [1.54, 1.807) is 0 Å². The quantitative estimate of drug-likeness (QED) is 0.152. The highest BCUT2D eigenvalue weighted by atomic mass is 16.4. The topological polar surface area (TPSA) is 32.8 Å². The summed E-state index contributed by atoms with van der Waals surface area (Å²) in [7, 11) is 0. The zero-order chi connectivity index (χ0) is 47.0. The van der Waals surface area contributed by atoms with Crippen LogP contribution in [0.1, 0.15) is 22.3 Å². The molecule has 0 atom stereocenters. The van der Waals surface area contributed by atoms with Crippen LogP contribution in [-0.2, 0) is 0 Å². The van der Waals surface area contributed by atoms with Gasteiger partial charge in [-0.25, -0.2) is 0 Å². The van der Waals surface area contributed by atoms with Crippen molar-refractivity contribution in [2.45, 2.75) is 27.7 Å². The maximum atomic E-state index is 7.20. The highest BCUT2D eigenvalue weighted by Crippen LogP contribution is 2.52. The van der Waals surface area contributed by atoms with Crippen molar-refractivity contribution in [1.29, 1.82) is 0 Å². The van der Waals surface area contributed by atoms with Crippen LogP contribution in [0, 0.1) is 27.7 Å². The highest BCUT2D eigenvalue weighted by Gasteiger charge is 2.27. The van der Waals surface area contributed by atoms with Gasteiger partial charge in [-0.1, -0.05) is 144 Å². The molecule has 0 aliphatic heterocycles. The number of furan rings is 2. The molecule has 0 N–H and O–H groups in total. The first-order chi connectivity index (χ1) is 34.3. The van der Waals surface area contributed by atoms with E-state index in [-0.39, 0.29) is 0 Å². The summed E-state index contributed by atoms with van der Waals surface area (Å²) in [6.45, 7) is 8.52. The lowest BCUT2D eigenvalue weighted by Crippen LogP contribution is -2.09. The molecule has 4 heteroatoms. The molecule has 0 radical (unpaired) electrons. The molecule has 0 unspecified atom stereocenters. The normalized spacial score (nSPS) is 11.7. The number of fused-ring (bicyclic) bond motifs is 9. The zero-order valence-electron chi connectivity index (χ0n) is 39.5. The fourth-order valence-electron chi connectivity index (χ4n) is 10.5. The van der Waals surface area contributed by atoms with Gasteiger partial charge in [-0.15, -0.1) is 0 Å². The monoisotopic (exact) mass is 900 g/mol. The third-order valence-electron chi connectivity index (χ3n) is 14.0. The number of rotatable bonds is 8. The van der Waals surface area contributed by atoms with Crippen LogP contribution < -0.4 is 9.80 Å². The Bertz CT molecular complexity index is 3750. The predicted molar refractivity (Wildman–Crippen MR) is 295 cm³/mol. The third-order valence-corrected chi connectivity index (χ3v) is 14.0. The van der Waals surface area contributed by atoms with Crippen molar-refractivity contribution in [1.82, 2.24) is 0 Å². The fraction of sp³-hybridized carbons (Fsp3) is 0.0606. The lowest BCUT2D eigenvalue weighted by Gasteiger charge is -2.26. The molecule has 13 aromatic rings. The second-order valence-corrected chi connectivity index (χ2v) is 18.9. The van der Waals surface area contributed by atoms with E-state index in [0.29, 0.717) is 0 Å². The van der Waals surface area contributed by atoms with Crippen LogP contribution in [0.3, 0.4) is 0 Å². The Morgan fingerprint density at radius 2 is 0.600 bits per heavy atom. The van der Waals surface area contributed by atoms with E-state index in [2.05, 4.69) is 256 Å². The molecule has 0 aliphatic rings. The molecule has 11 aromatic carbocycles. The summed E-state index contributed by atoms with van der Waals surface area (Å²) in [6, 6.07) is 79.1. The Balaban J connectivity index is 1.06. The third kappa shape index (κ3) is 6.99. The first-order valence-electron chi connectivity index (χ1n) is 24.1. The van der Waals surface area contributed by atoms with Gasteiger partial charge in [0.15, 0.2) is 11.2 Å². The number of hydrogen-bond donors (Lipinski definition) is 0. The average Bonchev–Trinajstić information content (AvgIpc) is 3.95. The second kappa shape index (κ2) is 16.4. The molecule has 0 amide bonds. The Hall–Kier alpha value is -8.86. The second-order valence-electron chi connectivity index (χ2n) is 18.9. The van der Waals surface area contributed by atoms with Crippen LogP contribution in [0.4, 0.5) is 34.1 Å². The van der Waals surface area contributed by atoms with Gasteiger partial charge >= 0.3 is 0 Å².